The molecular formula is C19H21N3O4. The van der Waals surface area contributed by atoms with Gasteiger partial charge in [-0.2, -0.15) is 0 Å². The lowest BCUT2D eigenvalue weighted by Gasteiger charge is -2.09. The van der Waals surface area contributed by atoms with Gasteiger partial charge in [-0.25, -0.2) is 0 Å². The summed E-state index contributed by atoms with van der Waals surface area (Å²) >= 11 is 0. The van der Waals surface area contributed by atoms with Gasteiger partial charge in [0.05, 0.1) is 13.7 Å². The molecule has 0 aliphatic heterocycles. The number of carbonyl (C=O) groups excluding carboxylic acids is 3. The molecule has 0 aromatic heterocycles. The van der Waals surface area contributed by atoms with Crippen LogP contribution < -0.4 is 20.7 Å². The fourth-order valence-electron chi connectivity index (χ4n) is 2.21. The minimum absolute atomic E-state index is 0.140. The normalized spacial score (nSPS) is 9.92. The van der Waals surface area contributed by atoms with Crippen molar-refractivity contribution in [1.82, 2.24) is 10.6 Å². The lowest BCUT2D eigenvalue weighted by molar-refractivity contribution is -0.120. The van der Waals surface area contributed by atoms with Gasteiger partial charge in [-0.15, -0.1) is 0 Å². The number of anilines is 1. The number of amides is 3. The van der Waals surface area contributed by atoms with Crippen molar-refractivity contribution in [3.63, 3.8) is 0 Å². The number of benzene rings is 2. The Morgan fingerprint density at radius 3 is 2.38 bits per heavy atom. The summed E-state index contributed by atoms with van der Waals surface area (Å²) in [7, 11) is 1.59. The van der Waals surface area contributed by atoms with E-state index in [1.807, 2.05) is 24.3 Å². The molecule has 3 N–H and O–H groups in total. The maximum Gasteiger partial charge on any atom is 0.251 e. The van der Waals surface area contributed by atoms with Crippen LogP contribution in [0.5, 0.6) is 5.75 Å². The van der Waals surface area contributed by atoms with E-state index < -0.39 is 5.91 Å². The molecule has 0 heterocycles. The average Bonchev–Trinajstić information content (AvgIpc) is 2.64. The van der Waals surface area contributed by atoms with Crippen LogP contribution in [0.2, 0.25) is 0 Å². The van der Waals surface area contributed by atoms with E-state index in [2.05, 4.69) is 16.0 Å². The highest BCUT2D eigenvalue weighted by Gasteiger charge is 2.09. The van der Waals surface area contributed by atoms with Gasteiger partial charge in [-0.05, 0) is 35.9 Å². The number of methoxy groups -OCH3 is 1. The Hall–Kier alpha value is -3.35. The summed E-state index contributed by atoms with van der Waals surface area (Å²) in [6, 6.07) is 13.8. The smallest absolute Gasteiger partial charge is 0.251 e. The predicted octanol–water partition coefficient (Wildman–Crippen LogP) is 1.70. The van der Waals surface area contributed by atoms with Crippen molar-refractivity contribution in [3.05, 3.63) is 59.7 Å². The summed E-state index contributed by atoms with van der Waals surface area (Å²) in [5.74, 6) is -0.168. The topological polar surface area (TPSA) is 96.5 Å². The van der Waals surface area contributed by atoms with E-state index in [0.717, 1.165) is 11.3 Å². The molecule has 3 amide bonds. The molecule has 136 valence electrons. The SMILES string of the molecule is COc1ccc(CNC(=O)CNC(=O)c2cccc(NC(C)=O)c2)cc1. The molecule has 7 heteroatoms. The van der Waals surface area contributed by atoms with E-state index >= 15 is 0 Å². The molecule has 0 spiro atoms. The van der Waals surface area contributed by atoms with Crippen molar-refractivity contribution in [2.24, 2.45) is 0 Å². The Morgan fingerprint density at radius 1 is 1.00 bits per heavy atom. The lowest BCUT2D eigenvalue weighted by Crippen LogP contribution is -2.36. The molecule has 0 bridgehead atoms. The van der Waals surface area contributed by atoms with Crippen LogP contribution in [0.25, 0.3) is 0 Å². The Balaban J connectivity index is 1.80. The summed E-state index contributed by atoms with van der Waals surface area (Å²) in [5.41, 5.74) is 1.81. The molecule has 2 aromatic carbocycles. The van der Waals surface area contributed by atoms with Gasteiger partial charge in [-0.1, -0.05) is 18.2 Å². The summed E-state index contributed by atoms with van der Waals surface area (Å²) < 4.78 is 5.07. The number of ether oxygens (including phenoxy) is 1. The molecule has 0 unspecified atom stereocenters. The highest BCUT2D eigenvalue weighted by molar-refractivity contribution is 5.98. The number of carbonyl (C=O) groups is 3. The van der Waals surface area contributed by atoms with Crippen molar-refractivity contribution in [1.29, 1.82) is 0 Å². The van der Waals surface area contributed by atoms with Gasteiger partial charge in [0.15, 0.2) is 0 Å². The van der Waals surface area contributed by atoms with Gasteiger partial charge in [0.25, 0.3) is 5.91 Å². The van der Waals surface area contributed by atoms with E-state index in [-0.39, 0.29) is 18.4 Å². The standard InChI is InChI=1S/C19H21N3O4/c1-13(23)22-16-5-3-4-15(10-16)19(25)21-12-18(24)20-11-14-6-8-17(26-2)9-7-14/h3-10H,11-12H2,1-2H3,(H,20,24)(H,21,25)(H,22,23). The highest BCUT2D eigenvalue weighted by atomic mass is 16.5. The molecule has 0 aliphatic rings. The van der Waals surface area contributed by atoms with Gasteiger partial charge < -0.3 is 20.7 Å². The third-order valence-corrected chi connectivity index (χ3v) is 3.50. The first-order valence-electron chi connectivity index (χ1n) is 8.03. The van der Waals surface area contributed by atoms with Gasteiger partial charge >= 0.3 is 0 Å². The zero-order valence-electron chi connectivity index (χ0n) is 14.7. The van der Waals surface area contributed by atoms with E-state index in [0.29, 0.717) is 17.8 Å². The molecule has 0 aliphatic carbocycles. The van der Waals surface area contributed by atoms with Crippen LogP contribution in [0, 0.1) is 0 Å². The van der Waals surface area contributed by atoms with Crippen molar-refractivity contribution in [3.8, 4) is 5.75 Å². The second-order valence-electron chi connectivity index (χ2n) is 5.57. The largest absolute Gasteiger partial charge is 0.497 e. The highest BCUT2D eigenvalue weighted by Crippen LogP contribution is 2.11. The van der Waals surface area contributed by atoms with Crippen molar-refractivity contribution in [2.75, 3.05) is 19.0 Å². The van der Waals surface area contributed by atoms with Crippen LogP contribution in [-0.4, -0.2) is 31.4 Å². The van der Waals surface area contributed by atoms with E-state index in [1.54, 1.807) is 31.4 Å². The zero-order chi connectivity index (χ0) is 18.9. The molecule has 7 nitrogen and oxygen atoms in total. The van der Waals surface area contributed by atoms with Crippen molar-refractivity contribution < 1.29 is 19.1 Å². The molecule has 0 radical (unpaired) electrons. The Labute approximate surface area is 151 Å². The summed E-state index contributed by atoms with van der Waals surface area (Å²) in [5, 5.41) is 7.88. The molecule has 0 saturated heterocycles. The van der Waals surface area contributed by atoms with Crippen LogP contribution in [-0.2, 0) is 16.1 Å². The van der Waals surface area contributed by atoms with E-state index in [1.165, 1.54) is 6.92 Å². The van der Waals surface area contributed by atoms with Crippen LogP contribution in [0.3, 0.4) is 0 Å². The maximum atomic E-state index is 12.1. The fraction of sp³-hybridized carbons (Fsp3) is 0.211. The fourth-order valence-corrected chi connectivity index (χ4v) is 2.21. The minimum atomic E-state index is -0.392. The number of hydrogen-bond donors (Lipinski definition) is 3. The van der Waals surface area contributed by atoms with Gasteiger partial charge in [0, 0.05) is 24.7 Å². The van der Waals surface area contributed by atoms with Crippen molar-refractivity contribution in [2.45, 2.75) is 13.5 Å². The first kappa shape index (κ1) is 19.0. The quantitative estimate of drug-likeness (QED) is 0.704. The molecule has 2 aromatic rings. The minimum Gasteiger partial charge on any atom is -0.497 e. The van der Waals surface area contributed by atoms with Crippen LogP contribution in [0.1, 0.15) is 22.8 Å². The maximum absolute atomic E-state index is 12.1. The molecule has 0 atom stereocenters. The first-order valence-corrected chi connectivity index (χ1v) is 8.03. The number of rotatable bonds is 7. The lowest BCUT2D eigenvalue weighted by atomic mass is 10.2. The molecule has 0 saturated carbocycles. The molecule has 26 heavy (non-hydrogen) atoms. The van der Waals surface area contributed by atoms with Gasteiger partial charge in [0.2, 0.25) is 11.8 Å². The van der Waals surface area contributed by atoms with Crippen LogP contribution in [0.4, 0.5) is 5.69 Å². The Kier molecular flexibility index (Phi) is 6.73. The Bertz CT molecular complexity index is 788. The summed E-state index contributed by atoms with van der Waals surface area (Å²) in [6.45, 7) is 1.61. The second-order valence-corrected chi connectivity index (χ2v) is 5.57. The van der Waals surface area contributed by atoms with E-state index in [9.17, 15) is 14.4 Å². The predicted molar refractivity (Wildman–Crippen MR) is 97.9 cm³/mol. The second kappa shape index (κ2) is 9.22. The van der Waals surface area contributed by atoms with Crippen LogP contribution >= 0.6 is 0 Å². The third-order valence-electron chi connectivity index (χ3n) is 3.50. The van der Waals surface area contributed by atoms with Gasteiger partial charge in [0.1, 0.15) is 5.75 Å². The number of hydrogen-bond acceptors (Lipinski definition) is 4. The summed E-state index contributed by atoms with van der Waals surface area (Å²) in [6.07, 6.45) is 0. The zero-order valence-corrected chi connectivity index (χ0v) is 14.7. The third kappa shape index (κ3) is 5.94. The van der Waals surface area contributed by atoms with Crippen LogP contribution in [0.15, 0.2) is 48.5 Å². The summed E-state index contributed by atoms with van der Waals surface area (Å²) in [4.78, 5) is 35.1. The van der Waals surface area contributed by atoms with Crippen molar-refractivity contribution >= 4 is 23.4 Å². The first-order chi connectivity index (χ1) is 12.5. The van der Waals surface area contributed by atoms with Gasteiger partial charge in [-0.3, -0.25) is 14.4 Å². The average molecular weight is 355 g/mol. The monoisotopic (exact) mass is 355 g/mol. The number of nitrogens with one attached hydrogen (secondary N) is 3. The molecular weight excluding hydrogens is 334 g/mol. The molecule has 2 rings (SSSR count). The van der Waals surface area contributed by atoms with E-state index in [4.69, 9.17) is 4.74 Å². The molecule has 0 fully saturated rings. The Morgan fingerprint density at radius 2 is 1.73 bits per heavy atom.